The lowest BCUT2D eigenvalue weighted by Gasteiger charge is -2.08. The molecule has 1 aromatic carbocycles. The fourth-order valence-corrected chi connectivity index (χ4v) is 1.22. The fraction of sp³-hybridized carbons (Fsp3) is 0.417. The summed E-state index contributed by atoms with van der Waals surface area (Å²) < 4.78 is 5.40. The van der Waals surface area contributed by atoms with Crippen molar-refractivity contribution in [2.75, 3.05) is 0 Å². The maximum absolute atomic E-state index is 10.3. The predicted molar refractivity (Wildman–Crippen MR) is 57.8 cm³/mol. The second kappa shape index (κ2) is 5.51. The minimum absolute atomic E-state index is 0.159. The van der Waals surface area contributed by atoms with Crippen molar-refractivity contribution in [3.05, 3.63) is 29.3 Å². The van der Waals surface area contributed by atoms with Crippen LogP contribution in [0.1, 0.15) is 25.0 Å². The second-order valence-electron chi connectivity index (χ2n) is 3.69. The van der Waals surface area contributed by atoms with Crippen LogP contribution in [0.3, 0.4) is 0 Å². The van der Waals surface area contributed by atoms with Gasteiger partial charge in [0.25, 0.3) is 0 Å². The summed E-state index contributed by atoms with van der Waals surface area (Å²) in [5.41, 5.74) is 1.56. The van der Waals surface area contributed by atoms with Gasteiger partial charge in [0.2, 0.25) is 0 Å². The zero-order valence-electron chi connectivity index (χ0n) is 9.06. The molecule has 0 heterocycles. The number of hydrogen-bond donors (Lipinski definition) is 1. The van der Waals surface area contributed by atoms with Crippen LogP contribution in [0.25, 0.3) is 0 Å². The molecule has 1 aromatic rings. The normalized spacial score (nSPS) is 10.6. The van der Waals surface area contributed by atoms with Crippen molar-refractivity contribution in [3.8, 4) is 5.75 Å². The highest BCUT2D eigenvalue weighted by Gasteiger charge is 2.03. The SMILES string of the molecule is CC(C)OCc1ccc(CC=O)c(O)c1. The third kappa shape index (κ3) is 3.72. The summed E-state index contributed by atoms with van der Waals surface area (Å²) >= 11 is 0. The average Bonchev–Trinajstić information content (AvgIpc) is 2.19. The number of rotatable bonds is 5. The lowest BCUT2D eigenvalue weighted by atomic mass is 10.1. The van der Waals surface area contributed by atoms with Crippen LogP contribution in [0, 0.1) is 0 Å². The number of aldehydes is 1. The van der Waals surface area contributed by atoms with E-state index in [0.29, 0.717) is 12.2 Å². The second-order valence-corrected chi connectivity index (χ2v) is 3.69. The lowest BCUT2D eigenvalue weighted by molar-refractivity contribution is -0.107. The Hall–Kier alpha value is -1.35. The largest absolute Gasteiger partial charge is 0.508 e. The molecule has 1 N–H and O–H groups in total. The molecule has 1 rings (SSSR count). The van der Waals surface area contributed by atoms with Crippen molar-refractivity contribution in [2.24, 2.45) is 0 Å². The van der Waals surface area contributed by atoms with E-state index >= 15 is 0 Å². The molecule has 82 valence electrons. The molecule has 3 heteroatoms. The highest BCUT2D eigenvalue weighted by atomic mass is 16.5. The Morgan fingerprint density at radius 3 is 2.73 bits per heavy atom. The molecule has 0 spiro atoms. The van der Waals surface area contributed by atoms with Gasteiger partial charge in [0.15, 0.2) is 0 Å². The smallest absolute Gasteiger partial charge is 0.124 e. The van der Waals surface area contributed by atoms with Gasteiger partial charge in [0, 0.05) is 12.0 Å². The quantitative estimate of drug-likeness (QED) is 0.753. The first-order chi connectivity index (χ1) is 7.13. The van der Waals surface area contributed by atoms with Gasteiger partial charge in [-0.2, -0.15) is 0 Å². The summed E-state index contributed by atoms with van der Waals surface area (Å²) in [5, 5.41) is 9.57. The van der Waals surface area contributed by atoms with E-state index in [1.807, 2.05) is 19.9 Å². The summed E-state index contributed by atoms with van der Waals surface area (Å²) in [6.45, 7) is 4.40. The number of aromatic hydroxyl groups is 1. The third-order valence-electron chi connectivity index (χ3n) is 2.04. The van der Waals surface area contributed by atoms with E-state index in [4.69, 9.17) is 4.74 Å². The standard InChI is InChI=1S/C12H16O3/c1-9(2)15-8-10-3-4-11(5-6-13)12(14)7-10/h3-4,6-7,9,14H,5,8H2,1-2H3. The van der Waals surface area contributed by atoms with E-state index < -0.39 is 0 Å². The lowest BCUT2D eigenvalue weighted by Crippen LogP contribution is -2.02. The molecule has 0 aliphatic carbocycles. The number of phenolic OH excluding ortho intramolecular Hbond substituents is 1. The number of carbonyl (C=O) groups is 1. The number of ether oxygens (including phenoxy) is 1. The highest BCUT2D eigenvalue weighted by Crippen LogP contribution is 2.19. The number of carbonyl (C=O) groups excluding carboxylic acids is 1. The van der Waals surface area contributed by atoms with E-state index in [9.17, 15) is 9.90 Å². The minimum Gasteiger partial charge on any atom is -0.508 e. The first-order valence-corrected chi connectivity index (χ1v) is 4.99. The number of phenols is 1. The molecule has 0 radical (unpaired) electrons. The molecule has 3 nitrogen and oxygen atoms in total. The Morgan fingerprint density at radius 1 is 1.47 bits per heavy atom. The third-order valence-corrected chi connectivity index (χ3v) is 2.04. The Morgan fingerprint density at radius 2 is 2.20 bits per heavy atom. The van der Waals surface area contributed by atoms with E-state index in [2.05, 4.69) is 0 Å². The molecular formula is C12H16O3. The molecule has 0 saturated carbocycles. The topological polar surface area (TPSA) is 46.5 Å². The van der Waals surface area contributed by atoms with Gasteiger partial charge in [-0.3, -0.25) is 0 Å². The minimum atomic E-state index is 0.159. The van der Waals surface area contributed by atoms with Gasteiger partial charge in [0.1, 0.15) is 12.0 Å². The molecular weight excluding hydrogens is 192 g/mol. The maximum Gasteiger partial charge on any atom is 0.124 e. The van der Waals surface area contributed by atoms with E-state index in [0.717, 1.165) is 11.8 Å². The molecule has 15 heavy (non-hydrogen) atoms. The Balaban J connectivity index is 2.68. The molecule has 0 bridgehead atoms. The van der Waals surface area contributed by atoms with Crippen LogP contribution in [-0.2, 0) is 22.6 Å². The van der Waals surface area contributed by atoms with Crippen molar-refractivity contribution in [2.45, 2.75) is 33.0 Å². The van der Waals surface area contributed by atoms with Gasteiger partial charge >= 0.3 is 0 Å². The predicted octanol–water partition coefficient (Wildman–Crippen LogP) is 2.06. The average molecular weight is 208 g/mol. The summed E-state index contributed by atoms with van der Waals surface area (Å²) in [6.07, 6.45) is 1.19. The molecule has 0 amide bonds. The fourth-order valence-electron chi connectivity index (χ4n) is 1.22. The highest BCUT2D eigenvalue weighted by molar-refractivity contribution is 5.57. The molecule has 0 aliphatic rings. The van der Waals surface area contributed by atoms with Crippen LogP contribution >= 0.6 is 0 Å². The Kier molecular flexibility index (Phi) is 4.31. The van der Waals surface area contributed by atoms with E-state index in [1.165, 1.54) is 0 Å². The Labute approximate surface area is 89.7 Å². The van der Waals surface area contributed by atoms with Gasteiger partial charge in [0.05, 0.1) is 12.7 Å². The monoisotopic (exact) mass is 208 g/mol. The maximum atomic E-state index is 10.3. The van der Waals surface area contributed by atoms with Crippen LogP contribution in [0.5, 0.6) is 5.75 Å². The first kappa shape index (κ1) is 11.7. The zero-order chi connectivity index (χ0) is 11.3. The molecule has 0 fully saturated rings. The van der Waals surface area contributed by atoms with Crippen LogP contribution in [-0.4, -0.2) is 17.5 Å². The van der Waals surface area contributed by atoms with E-state index in [1.54, 1.807) is 12.1 Å². The molecule has 0 saturated heterocycles. The van der Waals surface area contributed by atoms with Crippen LogP contribution in [0.4, 0.5) is 0 Å². The van der Waals surface area contributed by atoms with Crippen molar-refractivity contribution < 1.29 is 14.6 Å². The molecule has 0 aliphatic heterocycles. The molecule has 0 unspecified atom stereocenters. The number of hydrogen-bond acceptors (Lipinski definition) is 3. The van der Waals surface area contributed by atoms with Crippen LogP contribution < -0.4 is 0 Å². The van der Waals surface area contributed by atoms with Gasteiger partial charge < -0.3 is 14.6 Å². The van der Waals surface area contributed by atoms with E-state index in [-0.39, 0.29) is 18.3 Å². The van der Waals surface area contributed by atoms with Gasteiger partial charge in [-0.1, -0.05) is 12.1 Å². The number of benzene rings is 1. The summed E-state index contributed by atoms with van der Waals surface area (Å²) in [4.78, 5) is 10.3. The van der Waals surface area contributed by atoms with Gasteiger partial charge in [-0.25, -0.2) is 0 Å². The molecule has 0 atom stereocenters. The van der Waals surface area contributed by atoms with Crippen molar-refractivity contribution >= 4 is 6.29 Å². The Bertz CT molecular complexity index is 332. The summed E-state index contributed by atoms with van der Waals surface area (Å²) in [5.74, 6) is 0.159. The summed E-state index contributed by atoms with van der Waals surface area (Å²) in [7, 11) is 0. The first-order valence-electron chi connectivity index (χ1n) is 4.99. The molecule has 0 aromatic heterocycles. The zero-order valence-corrected chi connectivity index (χ0v) is 9.06. The van der Waals surface area contributed by atoms with Crippen molar-refractivity contribution in [1.29, 1.82) is 0 Å². The van der Waals surface area contributed by atoms with Gasteiger partial charge in [-0.05, 0) is 25.5 Å². The summed E-state index contributed by atoms with van der Waals surface area (Å²) in [6, 6.07) is 5.25. The van der Waals surface area contributed by atoms with Crippen molar-refractivity contribution in [3.63, 3.8) is 0 Å². The van der Waals surface area contributed by atoms with Crippen LogP contribution in [0.15, 0.2) is 18.2 Å². The van der Waals surface area contributed by atoms with Crippen LogP contribution in [0.2, 0.25) is 0 Å². The van der Waals surface area contributed by atoms with Crippen molar-refractivity contribution in [1.82, 2.24) is 0 Å². The van der Waals surface area contributed by atoms with Gasteiger partial charge in [-0.15, -0.1) is 0 Å².